The topological polar surface area (TPSA) is 63.7 Å². The van der Waals surface area contributed by atoms with Crippen molar-refractivity contribution < 1.29 is 19.2 Å². The first-order valence-corrected chi connectivity index (χ1v) is 5.50. The predicted molar refractivity (Wildman–Crippen MR) is 61.2 cm³/mol. The lowest BCUT2D eigenvalue weighted by Crippen LogP contribution is -2.36. The first-order chi connectivity index (χ1) is 8.02. The molecular weight excluding hydrogens is 222 g/mol. The van der Waals surface area contributed by atoms with Crippen molar-refractivity contribution in [3.63, 3.8) is 0 Å². The van der Waals surface area contributed by atoms with E-state index in [9.17, 15) is 14.4 Å². The van der Waals surface area contributed by atoms with Crippen LogP contribution in [0.5, 0.6) is 0 Å². The number of amides is 2. The Hall–Kier alpha value is -1.83. The number of carbonyl (C=O) groups is 3. The van der Waals surface area contributed by atoms with Crippen molar-refractivity contribution in [2.75, 3.05) is 0 Å². The fraction of sp³-hybridized carbons (Fsp3) is 0.583. The summed E-state index contributed by atoms with van der Waals surface area (Å²) in [6.07, 6.45) is 7.19. The van der Waals surface area contributed by atoms with Gasteiger partial charge in [0.2, 0.25) is 0 Å². The highest BCUT2D eigenvalue weighted by Gasteiger charge is 2.21. The van der Waals surface area contributed by atoms with Crippen molar-refractivity contribution in [3.05, 3.63) is 0 Å². The average molecular weight is 239 g/mol. The van der Waals surface area contributed by atoms with Crippen LogP contribution in [0.2, 0.25) is 0 Å². The van der Waals surface area contributed by atoms with Crippen molar-refractivity contribution >= 4 is 17.8 Å². The minimum Gasteiger partial charge on any atom is -0.330 e. The molecule has 5 heteroatoms. The van der Waals surface area contributed by atoms with Gasteiger partial charge in [0.05, 0.1) is 0 Å². The van der Waals surface area contributed by atoms with Crippen molar-refractivity contribution in [1.29, 1.82) is 0 Å². The SMILES string of the molecule is C#CCCCCC(=O)ON(C(C)=O)C(=O)CC. The third-order valence-electron chi connectivity index (χ3n) is 1.96. The monoisotopic (exact) mass is 239 g/mol. The van der Waals surface area contributed by atoms with E-state index in [2.05, 4.69) is 10.8 Å². The van der Waals surface area contributed by atoms with Crippen LogP contribution in [-0.4, -0.2) is 22.8 Å². The molecule has 17 heavy (non-hydrogen) atoms. The first kappa shape index (κ1) is 15.2. The molecule has 0 aliphatic heterocycles. The van der Waals surface area contributed by atoms with Crippen LogP contribution in [0.4, 0.5) is 0 Å². The van der Waals surface area contributed by atoms with Gasteiger partial charge in [-0.1, -0.05) is 6.92 Å². The van der Waals surface area contributed by atoms with Gasteiger partial charge in [0, 0.05) is 26.2 Å². The Morgan fingerprint density at radius 2 is 1.94 bits per heavy atom. The van der Waals surface area contributed by atoms with Gasteiger partial charge in [-0.05, 0) is 12.8 Å². The molecule has 5 nitrogen and oxygen atoms in total. The molecule has 0 aromatic heterocycles. The molecular formula is C12H17NO4. The van der Waals surface area contributed by atoms with Crippen LogP contribution < -0.4 is 0 Å². The highest BCUT2D eigenvalue weighted by Crippen LogP contribution is 2.04. The molecule has 0 N–H and O–H groups in total. The van der Waals surface area contributed by atoms with Gasteiger partial charge >= 0.3 is 5.97 Å². The Kier molecular flexibility index (Phi) is 7.44. The van der Waals surface area contributed by atoms with Gasteiger partial charge in [0.15, 0.2) is 0 Å². The molecule has 0 radical (unpaired) electrons. The van der Waals surface area contributed by atoms with E-state index < -0.39 is 17.8 Å². The lowest BCUT2D eigenvalue weighted by molar-refractivity contribution is -0.201. The Labute approximate surface area is 101 Å². The second-order valence-corrected chi connectivity index (χ2v) is 3.44. The maximum atomic E-state index is 11.3. The molecule has 0 rings (SSSR count). The van der Waals surface area contributed by atoms with E-state index >= 15 is 0 Å². The second-order valence-electron chi connectivity index (χ2n) is 3.44. The smallest absolute Gasteiger partial charge is 0.330 e. The summed E-state index contributed by atoms with van der Waals surface area (Å²) < 4.78 is 0. The fourth-order valence-electron chi connectivity index (χ4n) is 1.08. The lowest BCUT2D eigenvalue weighted by Gasteiger charge is -2.16. The zero-order valence-electron chi connectivity index (χ0n) is 10.2. The lowest BCUT2D eigenvalue weighted by atomic mass is 10.2. The van der Waals surface area contributed by atoms with Crippen LogP contribution in [0.1, 0.15) is 46.0 Å². The molecule has 0 fully saturated rings. The molecule has 0 heterocycles. The van der Waals surface area contributed by atoms with Crippen molar-refractivity contribution in [3.8, 4) is 12.3 Å². The third-order valence-corrected chi connectivity index (χ3v) is 1.96. The molecule has 0 aromatic carbocycles. The van der Waals surface area contributed by atoms with Gasteiger partial charge in [0.1, 0.15) is 0 Å². The quantitative estimate of drug-likeness (QED) is 0.413. The maximum Gasteiger partial charge on any atom is 0.333 e. The Morgan fingerprint density at radius 3 is 2.41 bits per heavy atom. The number of hydrogen-bond acceptors (Lipinski definition) is 4. The normalized spacial score (nSPS) is 9.24. The highest BCUT2D eigenvalue weighted by molar-refractivity contribution is 5.93. The Bertz CT molecular complexity index is 330. The number of nitrogens with zero attached hydrogens (tertiary/aromatic N) is 1. The van der Waals surface area contributed by atoms with Gasteiger partial charge in [-0.15, -0.1) is 17.4 Å². The maximum absolute atomic E-state index is 11.3. The summed E-state index contributed by atoms with van der Waals surface area (Å²) in [5.41, 5.74) is 0. The largest absolute Gasteiger partial charge is 0.333 e. The van der Waals surface area contributed by atoms with E-state index in [1.54, 1.807) is 6.92 Å². The molecule has 0 saturated carbocycles. The van der Waals surface area contributed by atoms with E-state index in [1.807, 2.05) is 0 Å². The van der Waals surface area contributed by atoms with Gasteiger partial charge in [-0.25, -0.2) is 4.79 Å². The van der Waals surface area contributed by atoms with Crippen LogP contribution in [0, 0.1) is 12.3 Å². The standard InChI is InChI=1S/C12H17NO4/c1-4-6-7-8-9-12(16)17-13(10(3)14)11(15)5-2/h1H,5-9H2,2-3H3. The number of hydroxylamine groups is 2. The number of terminal acetylenes is 1. The third kappa shape index (κ3) is 6.36. The van der Waals surface area contributed by atoms with Crippen LogP contribution in [-0.2, 0) is 19.2 Å². The van der Waals surface area contributed by atoms with Crippen LogP contribution in [0.3, 0.4) is 0 Å². The van der Waals surface area contributed by atoms with Crippen molar-refractivity contribution in [2.24, 2.45) is 0 Å². The summed E-state index contributed by atoms with van der Waals surface area (Å²) in [7, 11) is 0. The molecule has 0 spiro atoms. The average Bonchev–Trinajstić information content (AvgIpc) is 2.30. The molecule has 0 aromatic rings. The number of imide groups is 1. The molecule has 0 atom stereocenters. The molecule has 94 valence electrons. The number of unbranched alkanes of at least 4 members (excludes halogenated alkanes) is 2. The molecule has 0 unspecified atom stereocenters. The van der Waals surface area contributed by atoms with E-state index in [0.717, 1.165) is 0 Å². The van der Waals surface area contributed by atoms with Gasteiger partial charge in [0.25, 0.3) is 11.8 Å². The second kappa shape index (κ2) is 8.34. The van der Waals surface area contributed by atoms with Crippen molar-refractivity contribution in [1.82, 2.24) is 5.06 Å². The van der Waals surface area contributed by atoms with Crippen molar-refractivity contribution in [2.45, 2.75) is 46.0 Å². The zero-order valence-corrected chi connectivity index (χ0v) is 10.2. The van der Waals surface area contributed by atoms with Crippen LogP contribution in [0.25, 0.3) is 0 Å². The summed E-state index contributed by atoms with van der Waals surface area (Å²) in [6, 6.07) is 0. The van der Waals surface area contributed by atoms with E-state index in [4.69, 9.17) is 6.42 Å². The van der Waals surface area contributed by atoms with E-state index in [-0.39, 0.29) is 12.8 Å². The van der Waals surface area contributed by atoms with Crippen LogP contribution >= 0.6 is 0 Å². The molecule has 2 amide bonds. The number of carbonyl (C=O) groups excluding carboxylic acids is 3. The number of hydrogen-bond donors (Lipinski definition) is 0. The number of rotatable bonds is 5. The van der Waals surface area contributed by atoms with Crippen LogP contribution in [0.15, 0.2) is 0 Å². The minimum absolute atomic E-state index is 0.101. The molecule has 0 saturated heterocycles. The summed E-state index contributed by atoms with van der Waals surface area (Å²) in [5.74, 6) is 0.723. The fourth-order valence-corrected chi connectivity index (χ4v) is 1.08. The van der Waals surface area contributed by atoms with Gasteiger partial charge in [-0.2, -0.15) is 0 Å². The molecule has 0 bridgehead atoms. The zero-order chi connectivity index (χ0) is 13.3. The van der Waals surface area contributed by atoms with E-state index in [1.165, 1.54) is 6.92 Å². The summed E-state index contributed by atoms with van der Waals surface area (Å²) >= 11 is 0. The minimum atomic E-state index is -0.603. The Morgan fingerprint density at radius 1 is 1.29 bits per heavy atom. The summed E-state index contributed by atoms with van der Waals surface area (Å²) in [5, 5.41) is 0.503. The summed E-state index contributed by atoms with van der Waals surface area (Å²) in [6.45, 7) is 2.75. The van der Waals surface area contributed by atoms with Gasteiger partial charge in [-0.3, -0.25) is 9.59 Å². The predicted octanol–water partition coefficient (Wildman–Crippen LogP) is 1.42. The first-order valence-electron chi connectivity index (χ1n) is 5.50. The van der Waals surface area contributed by atoms with Gasteiger partial charge < -0.3 is 4.84 Å². The highest BCUT2D eigenvalue weighted by atomic mass is 16.7. The summed E-state index contributed by atoms with van der Waals surface area (Å²) in [4.78, 5) is 38.3. The molecule has 0 aliphatic carbocycles. The molecule has 0 aliphatic rings. The van der Waals surface area contributed by atoms with E-state index in [0.29, 0.717) is 24.3 Å². The Balaban J connectivity index is 4.10.